The van der Waals surface area contributed by atoms with Crippen LogP contribution in [0.15, 0.2) is 73.3 Å². The molecule has 0 radical (unpaired) electrons. The van der Waals surface area contributed by atoms with Gasteiger partial charge in [0.05, 0.1) is 6.04 Å². The van der Waals surface area contributed by atoms with Gasteiger partial charge in [-0.15, -0.1) is 6.58 Å². The predicted molar refractivity (Wildman–Crippen MR) is 88.7 cm³/mol. The van der Waals surface area contributed by atoms with E-state index in [0.29, 0.717) is 11.7 Å². The number of thiocarbonyl (C=S) groups is 1. The number of nitrogens with one attached hydrogen (secondary N) is 2. The third kappa shape index (κ3) is 3.93. The molecule has 102 valence electrons. The molecule has 0 heterocycles. The molecule has 0 bridgehead atoms. The summed E-state index contributed by atoms with van der Waals surface area (Å²) < 4.78 is 0. The maximum Gasteiger partial charge on any atom is 0.167 e. The number of benzene rings is 2. The first-order valence-corrected chi connectivity index (χ1v) is 6.97. The van der Waals surface area contributed by atoms with E-state index in [1.807, 2.05) is 36.4 Å². The van der Waals surface area contributed by atoms with Crippen LogP contribution < -0.4 is 10.6 Å². The van der Waals surface area contributed by atoms with Gasteiger partial charge < -0.3 is 10.6 Å². The molecule has 0 aliphatic heterocycles. The Bertz CT molecular complexity index is 512. The van der Waals surface area contributed by atoms with Crippen LogP contribution in [0.3, 0.4) is 0 Å². The SMILES string of the molecule is C=CCNC(=S)NC(c1ccccc1)c1ccccc1. The Balaban J connectivity index is 2.21. The fraction of sp³-hybridized carbons (Fsp3) is 0.118. The predicted octanol–water partition coefficient (Wildman–Crippen LogP) is 3.43. The summed E-state index contributed by atoms with van der Waals surface area (Å²) in [7, 11) is 0. The van der Waals surface area contributed by atoms with Crippen LogP contribution in [-0.4, -0.2) is 11.7 Å². The first-order chi connectivity index (χ1) is 9.81. The maximum absolute atomic E-state index is 5.33. The Labute approximate surface area is 125 Å². The molecule has 0 spiro atoms. The molecule has 0 fully saturated rings. The molecule has 0 aliphatic rings. The number of rotatable bonds is 5. The molecule has 0 saturated carbocycles. The normalized spacial score (nSPS) is 10.1. The molecule has 0 aromatic heterocycles. The van der Waals surface area contributed by atoms with Crippen LogP contribution in [0.5, 0.6) is 0 Å². The molecule has 2 rings (SSSR count). The Hall–Kier alpha value is -2.13. The molecule has 0 amide bonds. The third-order valence-corrected chi connectivity index (χ3v) is 3.21. The van der Waals surface area contributed by atoms with Crippen LogP contribution in [-0.2, 0) is 0 Å². The Kier molecular flexibility index (Phi) is 5.33. The molecule has 2 aromatic carbocycles. The van der Waals surface area contributed by atoms with Crippen molar-refractivity contribution in [2.45, 2.75) is 6.04 Å². The van der Waals surface area contributed by atoms with E-state index in [0.717, 1.165) is 0 Å². The van der Waals surface area contributed by atoms with Crippen LogP contribution in [0, 0.1) is 0 Å². The summed E-state index contributed by atoms with van der Waals surface area (Å²) in [5.74, 6) is 0. The van der Waals surface area contributed by atoms with Crippen molar-refractivity contribution in [1.82, 2.24) is 10.6 Å². The lowest BCUT2D eigenvalue weighted by molar-refractivity contribution is 0.747. The first kappa shape index (κ1) is 14.3. The molecule has 0 atom stereocenters. The topological polar surface area (TPSA) is 24.1 Å². The number of hydrogen-bond acceptors (Lipinski definition) is 1. The Morgan fingerprint density at radius 1 is 1.00 bits per heavy atom. The van der Waals surface area contributed by atoms with Crippen LogP contribution in [0.25, 0.3) is 0 Å². The Morgan fingerprint density at radius 2 is 1.50 bits per heavy atom. The van der Waals surface area contributed by atoms with Crippen molar-refractivity contribution in [1.29, 1.82) is 0 Å². The van der Waals surface area contributed by atoms with Gasteiger partial charge in [-0.05, 0) is 23.3 Å². The molecular weight excluding hydrogens is 264 g/mol. The molecular formula is C17H18N2S. The minimum atomic E-state index is 0.0437. The molecule has 0 aliphatic carbocycles. The van der Waals surface area contributed by atoms with Gasteiger partial charge in [0.2, 0.25) is 0 Å². The summed E-state index contributed by atoms with van der Waals surface area (Å²) >= 11 is 5.33. The summed E-state index contributed by atoms with van der Waals surface area (Å²) in [6, 6.07) is 20.6. The summed E-state index contributed by atoms with van der Waals surface area (Å²) in [5.41, 5.74) is 2.36. The zero-order valence-electron chi connectivity index (χ0n) is 11.3. The van der Waals surface area contributed by atoms with Gasteiger partial charge in [-0.3, -0.25) is 0 Å². The van der Waals surface area contributed by atoms with Gasteiger partial charge in [-0.25, -0.2) is 0 Å². The van der Waals surface area contributed by atoms with Crippen molar-refractivity contribution < 1.29 is 0 Å². The fourth-order valence-corrected chi connectivity index (χ4v) is 2.20. The highest BCUT2D eigenvalue weighted by atomic mass is 32.1. The summed E-state index contributed by atoms with van der Waals surface area (Å²) in [5, 5.41) is 7.09. The highest BCUT2D eigenvalue weighted by Crippen LogP contribution is 2.21. The van der Waals surface area contributed by atoms with Gasteiger partial charge >= 0.3 is 0 Å². The molecule has 20 heavy (non-hydrogen) atoms. The minimum absolute atomic E-state index is 0.0437. The van der Waals surface area contributed by atoms with Crippen LogP contribution in [0.4, 0.5) is 0 Å². The zero-order valence-corrected chi connectivity index (χ0v) is 12.1. The van der Waals surface area contributed by atoms with Gasteiger partial charge in [0.25, 0.3) is 0 Å². The second-order valence-corrected chi connectivity index (χ2v) is 4.81. The molecule has 0 unspecified atom stereocenters. The van der Waals surface area contributed by atoms with Gasteiger partial charge in [0.1, 0.15) is 0 Å². The molecule has 3 heteroatoms. The van der Waals surface area contributed by atoms with Gasteiger partial charge in [0.15, 0.2) is 5.11 Å². The monoisotopic (exact) mass is 282 g/mol. The third-order valence-electron chi connectivity index (χ3n) is 2.95. The van der Waals surface area contributed by atoms with Gasteiger partial charge in [-0.2, -0.15) is 0 Å². The minimum Gasteiger partial charge on any atom is -0.359 e. The lowest BCUT2D eigenvalue weighted by Crippen LogP contribution is -2.38. The van der Waals surface area contributed by atoms with Crippen LogP contribution >= 0.6 is 12.2 Å². The van der Waals surface area contributed by atoms with E-state index in [2.05, 4.69) is 41.5 Å². The van der Waals surface area contributed by atoms with Gasteiger partial charge in [0, 0.05) is 6.54 Å². The second-order valence-electron chi connectivity index (χ2n) is 4.40. The molecule has 2 aromatic rings. The van der Waals surface area contributed by atoms with E-state index < -0.39 is 0 Å². The van der Waals surface area contributed by atoms with Crippen LogP contribution in [0.1, 0.15) is 17.2 Å². The van der Waals surface area contributed by atoms with Crippen molar-refractivity contribution in [2.24, 2.45) is 0 Å². The summed E-state index contributed by atoms with van der Waals surface area (Å²) in [6.07, 6.45) is 1.79. The maximum atomic E-state index is 5.33. The van der Waals surface area contributed by atoms with Gasteiger partial charge in [-0.1, -0.05) is 66.7 Å². The van der Waals surface area contributed by atoms with E-state index in [-0.39, 0.29) is 6.04 Å². The van der Waals surface area contributed by atoms with Crippen molar-refractivity contribution in [3.8, 4) is 0 Å². The fourth-order valence-electron chi connectivity index (χ4n) is 2.00. The largest absolute Gasteiger partial charge is 0.359 e. The summed E-state index contributed by atoms with van der Waals surface area (Å²) in [4.78, 5) is 0. The van der Waals surface area contributed by atoms with E-state index in [1.165, 1.54) is 11.1 Å². The van der Waals surface area contributed by atoms with Crippen molar-refractivity contribution >= 4 is 17.3 Å². The quantitative estimate of drug-likeness (QED) is 0.649. The van der Waals surface area contributed by atoms with Crippen molar-refractivity contribution in [2.75, 3.05) is 6.54 Å². The molecule has 2 N–H and O–H groups in total. The molecule has 2 nitrogen and oxygen atoms in total. The number of hydrogen-bond donors (Lipinski definition) is 2. The highest BCUT2D eigenvalue weighted by Gasteiger charge is 2.14. The first-order valence-electron chi connectivity index (χ1n) is 6.56. The lowest BCUT2D eigenvalue weighted by atomic mass is 9.99. The van der Waals surface area contributed by atoms with E-state index in [4.69, 9.17) is 12.2 Å². The average Bonchev–Trinajstić information content (AvgIpc) is 2.52. The second kappa shape index (κ2) is 7.46. The smallest absolute Gasteiger partial charge is 0.167 e. The molecule has 0 saturated heterocycles. The lowest BCUT2D eigenvalue weighted by Gasteiger charge is -2.21. The van der Waals surface area contributed by atoms with E-state index in [9.17, 15) is 0 Å². The zero-order chi connectivity index (χ0) is 14.2. The average molecular weight is 282 g/mol. The highest BCUT2D eigenvalue weighted by molar-refractivity contribution is 7.80. The standard InChI is InChI=1S/C17H18N2S/c1-2-13-18-17(20)19-16(14-9-5-3-6-10-14)15-11-7-4-8-12-15/h2-12,16H,1,13H2,(H2,18,19,20). The summed E-state index contributed by atoms with van der Waals surface area (Å²) in [6.45, 7) is 4.33. The van der Waals surface area contributed by atoms with Crippen molar-refractivity contribution in [3.05, 3.63) is 84.4 Å². The Morgan fingerprint density at radius 3 is 1.95 bits per heavy atom. The van der Waals surface area contributed by atoms with Crippen molar-refractivity contribution in [3.63, 3.8) is 0 Å². The van der Waals surface area contributed by atoms with E-state index in [1.54, 1.807) is 6.08 Å². The van der Waals surface area contributed by atoms with E-state index >= 15 is 0 Å². The van der Waals surface area contributed by atoms with Crippen LogP contribution in [0.2, 0.25) is 0 Å².